The van der Waals surface area contributed by atoms with Gasteiger partial charge in [-0.15, -0.1) is 0 Å². The van der Waals surface area contributed by atoms with E-state index in [1.807, 2.05) is 6.07 Å². The molecule has 1 aliphatic heterocycles. The highest BCUT2D eigenvalue weighted by atomic mass is 16.3. The van der Waals surface area contributed by atoms with Gasteiger partial charge in [-0.25, -0.2) is 0 Å². The van der Waals surface area contributed by atoms with Crippen LogP contribution in [0.2, 0.25) is 0 Å². The summed E-state index contributed by atoms with van der Waals surface area (Å²) in [5, 5.41) is 0. The van der Waals surface area contributed by atoms with Gasteiger partial charge in [0.1, 0.15) is 6.54 Å². The molecule has 2 aromatic rings. The normalized spacial score (nSPS) is 17.0. The fourth-order valence-electron chi connectivity index (χ4n) is 2.56. The molecule has 1 saturated heterocycles. The van der Waals surface area contributed by atoms with E-state index in [0.29, 0.717) is 0 Å². The van der Waals surface area contributed by atoms with Crippen molar-refractivity contribution >= 4 is 5.69 Å². The highest BCUT2D eigenvalue weighted by Gasteiger charge is 2.20. The van der Waals surface area contributed by atoms with Crippen molar-refractivity contribution in [1.29, 1.82) is 0 Å². The quantitative estimate of drug-likeness (QED) is 0.874. The van der Waals surface area contributed by atoms with Crippen molar-refractivity contribution in [1.82, 2.24) is 0 Å². The number of rotatable bonds is 3. The molecule has 0 spiro atoms. The van der Waals surface area contributed by atoms with Crippen molar-refractivity contribution in [3.63, 3.8) is 0 Å². The summed E-state index contributed by atoms with van der Waals surface area (Å²) in [6, 6.07) is 14.7. The Balaban J connectivity index is 1.55. The van der Waals surface area contributed by atoms with Crippen LogP contribution in [0.15, 0.2) is 53.1 Å². The average Bonchev–Trinajstić information content (AvgIpc) is 2.94. The maximum atomic E-state index is 5.41. The van der Waals surface area contributed by atoms with Crippen LogP contribution in [0.1, 0.15) is 5.76 Å². The molecule has 0 aliphatic carbocycles. The first-order valence-electron chi connectivity index (χ1n) is 6.58. The smallest absolute Gasteiger partial charge is 0.157 e. The van der Waals surface area contributed by atoms with E-state index in [1.54, 1.807) is 11.2 Å². The van der Waals surface area contributed by atoms with E-state index in [1.165, 1.54) is 18.8 Å². The molecule has 1 aromatic carbocycles. The summed E-state index contributed by atoms with van der Waals surface area (Å²) in [5.41, 5.74) is 1.34. The molecule has 0 radical (unpaired) electrons. The van der Waals surface area contributed by atoms with Crippen LogP contribution >= 0.6 is 0 Å². The first-order valence-corrected chi connectivity index (χ1v) is 6.58. The van der Waals surface area contributed by atoms with Crippen LogP contribution in [0.3, 0.4) is 0 Å². The molecule has 0 saturated carbocycles. The first-order chi connectivity index (χ1) is 8.92. The van der Waals surface area contributed by atoms with Crippen LogP contribution < -0.4 is 9.80 Å². The lowest BCUT2D eigenvalue weighted by Gasteiger charge is -2.33. The number of anilines is 1. The number of nitrogens with one attached hydrogen (secondary N) is 1. The Morgan fingerprint density at radius 3 is 2.44 bits per heavy atom. The predicted molar refractivity (Wildman–Crippen MR) is 71.8 cm³/mol. The Morgan fingerprint density at radius 2 is 1.78 bits per heavy atom. The lowest BCUT2D eigenvalue weighted by Crippen LogP contribution is -3.13. The zero-order valence-corrected chi connectivity index (χ0v) is 10.5. The van der Waals surface area contributed by atoms with Gasteiger partial charge in [-0.2, -0.15) is 0 Å². The van der Waals surface area contributed by atoms with Crippen LogP contribution in [0.25, 0.3) is 0 Å². The molecule has 3 heteroatoms. The molecule has 94 valence electrons. The van der Waals surface area contributed by atoms with Gasteiger partial charge in [0.25, 0.3) is 0 Å². The minimum absolute atomic E-state index is 1.01. The van der Waals surface area contributed by atoms with Gasteiger partial charge in [0.05, 0.1) is 32.4 Å². The summed E-state index contributed by atoms with van der Waals surface area (Å²) in [7, 11) is 0. The highest BCUT2D eigenvalue weighted by molar-refractivity contribution is 5.45. The van der Waals surface area contributed by atoms with Gasteiger partial charge in [0.15, 0.2) is 5.76 Å². The second kappa shape index (κ2) is 5.27. The standard InChI is InChI=1S/C15H18N2O/c1-2-5-14(6-3-1)17-10-8-16(9-11-17)13-15-7-4-12-18-15/h1-7,12H,8-11,13H2/p+1. The summed E-state index contributed by atoms with van der Waals surface area (Å²) in [5.74, 6) is 1.10. The SMILES string of the molecule is c1ccc(N2CC[NH+](Cc3ccco3)CC2)cc1. The maximum Gasteiger partial charge on any atom is 0.157 e. The van der Waals surface area contributed by atoms with E-state index in [2.05, 4.69) is 41.3 Å². The molecule has 0 amide bonds. The molecule has 2 heterocycles. The monoisotopic (exact) mass is 243 g/mol. The molecule has 0 unspecified atom stereocenters. The Bertz CT molecular complexity index is 459. The summed E-state index contributed by atoms with van der Waals surface area (Å²) >= 11 is 0. The van der Waals surface area contributed by atoms with Crippen molar-refractivity contribution in [3.05, 3.63) is 54.5 Å². The summed E-state index contributed by atoms with van der Waals surface area (Å²) in [6.07, 6.45) is 1.76. The number of para-hydroxylation sites is 1. The molecule has 0 bridgehead atoms. The van der Waals surface area contributed by atoms with Gasteiger partial charge in [-0.3, -0.25) is 0 Å². The van der Waals surface area contributed by atoms with Crippen molar-refractivity contribution in [2.45, 2.75) is 6.54 Å². The Labute approximate surface area is 108 Å². The molecular formula is C15H19N2O+. The van der Waals surface area contributed by atoms with E-state index >= 15 is 0 Å². The third-order valence-corrected chi connectivity index (χ3v) is 3.60. The summed E-state index contributed by atoms with van der Waals surface area (Å²) < 4.78 is 5.41. The van der Waals surface area contributed by atoms with E-state index in [9.17, 15) is 0 Å². The van der Waals surface area contributed by atoms with Gasteiger partial charge in [0, 0.05) is 5.69 Å². The molecule has 1 fully saturated rings. The van der Waals surface area contributed by atoms with E-state index < -0.39 is 0 Å². The number of piperazine rings is 1. The number of benzene rings is 1. The number of nitrogens with zero attached hydrogens (tertiary/aromatic N) is 1. The zero-order chi connectivity index (χ0) is 12.2. The lowest BCUT2D eigenvalue weighted by atomic mass is 10.2. The van der Waals surface area contributed by atoms with Gasteiger partial charge in [0.2, 0.25) is 0 Å². The van der Waals surface area contributed by atoms with Gasteiger partial charge < -0.3 is 14.2 Å². The van der Waals surface area contributed by atoms with Gasteiger partial charge in [-0.1, -0.05) is 18.2 Å². The van der Waals surface area contributed by atoms with Gasteiger partial charge in [-0.05, 0) is 24.3 Å². The number of furan rings is 1. The van der Waals surface area contributed by atoms with E-state index in [4.69, 9.17) is 4.42 Å². The fraction of sp³-hybridized carbons (Fsp3) is 0.333. The summed E-state index contributed by atoms with van der Waals surface area (Å²) in [6.45, 7) is 5.61. The summed E-state index contributed by atoms with van der Waals surface area (Å²) in [4.78, 5) is 4.07. The maximum absolute atomic E-state index is 5.41. The minimum atomic E-state index is 1.01. The predicted octanol–water partition coefficient (Wildman–Crippen LogP) is 1.18. The number of quaternary nitrogens is 1. The number of hydrogen-bond acceptors (Lipinski definition) is 2. The van der Waals surface area contributed by atoms with Crippen LogP contribution in [-0.2, 0) is 6.54 Å². The van der Waals surface area contributed by atoms with Crippen molar-refractivity contribution in [2.75, 3.05) is 31.1 Å². The Kier molecular flexibility index (Phi) is 3.33. The van der Waals surface area contributed by atoms with Crippen LogP contribution in [0.5, 0.6) is 0 Å². The van der Waals surface area contributed by atoms with E-state index in [0.717, 1.165) is 25.4 Å². The largest absolute Gasteiger partial charge is 0.463 e. The molecule has 1 aliphatic rings. The lowest BCUT2D eigenvalue weighted by molar-refractivity contribution is -0.915. The first kappa shape index (κ1) is 11.4. The van der Waals surface area contributed by atoms with Crippen LogP contribution in [-0.4, -0.2) is 26.2 Å². The minimum Gasteiger partial charge on any atom is -0.463 e. The topological polar surface area (TPSA) is 20.8 Å². The van der Waals surface area contributed by atoms with Crippen molar-refractivity contribution in [3.8, 4) is 0 Å². The molecule has 1 N–H and O–H groups in total. The molecule has 3 nitrogen and oxygen atoms in total. The third kappa shape index (κ3) is 2.57. The number of hydrogen-bond donors (Lipinski definition) is 1. The van der Waals surface area contributed by atoms with Crippen molar-refractivity contribution in [2.24, 2.45) is 0 Å². The zero-order valence-electron chi connectivity index (χ0n) is 10.5. The fourth-order valence-corrected chi connectivity index (χ4v) is 2.56. The second-order valence-corrected chi connectivity index (χ2v) is 4.83. The van der Waals surface area contributed by atoms with Crippen LogP contribution in [0.4, 0.5) is 5.69 Å². The van der Waals surface area contributed by atoms with Crippen molar-refractivity contribution < 1.29 is 9.32 Å². The Morgan fingerprint density at radius 1 is 1.00 bits per heavy atom. The van der Waals surface area contributed by atoms with Crippen LogP contribution in [0, 0.1) is 0 Å². The van der Waals surface area contributed by atoms with E-state index in [-0.39, 0.29) is 0 Å². The molecule has 18 heavy (non-hydrogen) atoms. The van der Waals surface area contributed by atoms with Gasteiger partial charge >= 0.3 is 0 Å². The highest BCUT2D eigenvalue weighted by Crippen LogP contribution is 2.12. The third-order valence-electron chi connectivity index (χ3n) is 3.60. The second-order valence-electron chi connectivity index (χ2n) is 4.83. The molecule has 0 atom stereocenters. The molecule has 1 aromatic heterocycles. The average molecular weight is 243 g/mol. The molecular weight excluding hydrogens is 224 g/mol. The Hall–Kier alpha value is -1.74. The molecule has 3 rings (SSSR count).